The molecule has 0 spiro atoms. The third-order valence-corrected chi connectivity index (χ3v) is 4.65. The third kappa shape index (κ3) is 3.33. The molecule has 1 nitrogen and oxygen atoms in total. The van der Waals surface area contributed by atoms with Gasteiger partial charge in [0.1, 0.15) is 0 Å². The summed E-state index contributed by atoms with van der Waals surface area (Å²) in [6.45, 7) is 2.33. The van der Waals surface area contributed by atoms with Gasteiger partial charge < -0.3 is 5.11 Å². The molecule has 0 aromatic carbocycles. The highest BCUT2D eigenvalue weighted by molar-refractivity contribution is 7.07. The second kappa shape index (κ2) is 5.83. The van der Waals surface area contributed by atoms with Crippen molar-refractivity contribution in [2.45, 2.75) is 51.6 Å². The predicted molar refractivity (Wildman–Crippen MR) is 69.8 cm³/mol. The van der Waals surface area contributed by atoms with Gasteiger partial charge in [-0.05, 0) is 59.9 Å². The van der Waals surface area contributed by atoms with Crippen LogP contribution in [0.1, 0.15) is 44.6 Å². The average molecular weight is 238 g/mol. The lowest BCUT2D eigenvalue weighted by Crippen LogP contribution is -2.25. The molecular formula is C14H22OS. The van der Waals surface area contributed by atoms with Crippen molar-refractivity contribution in [3.05, 3.63) is 22.4 Å². The summed E-state index contributed by atoms with van der Waals surface area (Å²) in [5, 5.41) is 14.5. The van der Waals surface area contributed by atoms with Gasteiger partial charge in [0.2, 0.25) is 0 Å². The quantitative estimate of drug-likeness (QED) is 0.844. The summed E-state index contributed by atoms with van der Waals surface area (Å²) in [6.07, 6.45) is 6.97. The minimum Gasteiger partial charge on any atom is -0.393 e. The van der Waals surface area contributed by atoms with Gasteiger partial charge in [-0.3, -0.25) is 0 Å². The molecule has 1 aromatic heterocycles. The molecule has 0 radical (unpaired) electrons. The summed E-state index contributed by atoms with van der Waals surface area (Å²) in [4.78, 5) is 0. The molecule has 0 aliphatic heterocycles. The summed E-state index contributed by atoms with van der Waals surface area (Å²) >= 11 is 1.75. The second-order valence-corrected chi connectivity index (χ2v) is 6.04. The molecule has 2 heteroatoms. The smallest absolute Gasteiger partial charge is 0.0571 e. The molecule has 1 N–H and O–H groups in total. The van der Waals surface area contributed by atoms with E-state index in [0.29, 0.717) is 5.92 Å². The maximum absolute atomic E-state index is 10.2. The molecule has 1 aromatic rings. The SMILES string of the molecule is CC1CCC(C(O)CCc2ccsc2)CC1. The summed E-state index contributed by atoms with van der Waals surface area (Å²) in [6, 6.07) is 2.17. The van der Waals surface area contributed by atoms with Gasteiger partial charge in [0, 0.05) is 0 Å². The Hall–Kier alpha value is -0.340. The van der Waals surface area contributed by atoms with Gasteiger partial charge in [-0.2, -0.15) is 11.3 Å². The van der Waals surface area contributed by atoms with E-state index in [1.807, 2.05) is 0 Å². The summed E-state index contributed by atoms with van der Waals surface area (Å²) in [5.41, 5.74) is 1.38. The highest BCUT2D eigenvalue weighted by Crippen LogP contribution is 2.31. The highest BCUT2D eigenvalue weighted by atomic mass is 32.1. The van der Waals surface area contributed by atoms with E-state index >= 15 is 0 Å². The highest BCUT2D eigenvalue weighted by Gasteiger charge is 2.24. The number of thiophene rings is 1. The maximum Gasteiger partial charge on any atom is 0.0571 e. The summed E-state index contributed by atoms with van der Waals surface area (Å²) < 4.78 is 0. The number of aliphatic hydroxyl groups excluding tert-OH is 1. The molecule has 1 unspecified atom stereocenters. The third-order valence-electron chi connectivity index (χ3n) is 3.91. The Morgan fingerprint density at radius 1 is 1.38 bits per heavy atom. The minimum atomic E-state index is -0.0765. The van der Waals surface area contributed by atoms with E-state index in [0.717, 1.165) is 18.8 Å². The Kier molecular flexibility index (Phi) is 4.42. The van der Waals surface area contributed by atoms with Crippen LogP contribution >= 0.6 is 11.3 Å². The van der Waals surface area contributed by atoms with Crippen molar-refractivity contribution in [1.29, 1.82) is 0 Å². The van der Waals surface area contributed by atoms with Crippen LogP contribution in [0.25, 0.3) is 0 Å². The van der Waals surface area contributed by atoms with Crippen LogP contribution in [0.3, 0.4) is 0 Å². The van der Waals surface area contributed by atoms with Gasteiger partial charge in [-0.15, -0.1) is 0 Å². The van der Waals surface area contributed by atoms with Crippen LogP contribution in [0.2, 0.25) is 0 Å². The van der Waals surface area contributed by atoms with E-state index in [2.05, 4.69) is 23.8 Å². The molecule has 1 fully saturated rings. The molecule has 2 rings (SSSR count). The molecule has 1 heterocycles. The van der Waals surface area contributed by atoms with Crippen molar-refractivity contribution in [2.75, 3.05) is 0 Å². The fourth-order valence-corrected chi connectivity index (χ4v) is 3.36. The molecular weight excluding hydrogens is 216 g/mol. The predicted octanol–water partition coefficient (Wildman–Crippen LogP) is 3.87. The monoisotopic (exact) mass is 238 g/mol. The van der Waals surface area contributed by atoms with Gasteiger partial charge in [0.25, 0.3) is 0 Å². The van der Waals surface area contributed by atoms with Crippen molar-refractivity contribution in [3.63, 3.8) is 0 Å². The lowest BCUT2D eigenvalue weighted by atomic mass is 9.79. The normalized spacial score (nSPS) is 27.9. The number of aliphatic hydroxyl groups is 1. The van der Waals surface area contributed by atoms with Crippen LogP contribution in [-0.2, 0) is 6.42 Å². The van der Waals surface area contributed by atoms with E-state index < -0.39 is 0 Å². The fourth-order valence-electron chi connectivity index (χ4n) is 2.66. The minimum absolute atomic E-state index is 0.0765. The molecule has 16 heavy (non-hydrogen) atoms. The molecule has 1 aliphatic rings. The maximum atomic E-state index is 10.2. The van der Waals surface area contributed by atoms with Crippen molar-refractivity contribution < 1.29 is 5.11 Å². The Morgan fingerprint density at radius 3 is 2.75 bits per heavy atom. The lowest BCUT2D eigenvalue weighted by Gasteiger charge is -2.29. The Bertz CT molecular complexity index is 286. The number of hydrogen-bond donors (Lipinski definition) is 1. The summed E-state index contributed by atoms with van der Waals surface area (Å²) in [5.74, 6) is 1.44. The topological polar surface area (TPSA) is 20.2 Å². The fraction of sp³-hybridized carbons (Fsp3) is 0.714. The largest absolute Gasteiger partial charge is 0.393 e. The second-order valence-electron chi connectivity index (χ2n) is 5.26. The Balaban J connectivity index is 1.73. The van der Waals surface area contributed by atoms with Crippen molar-refractivity contribution in [1.82, 2.24) is 0 Å². The van der Waals surface area contributed by atoms with Crippen molar-refractivity contribution >= 4 is 11.3 Å². The van der Waals surface area contributed by atoms with Crippen molar-refractivity contribution in [2.24, 2.45) is 11.8 Å². The first-order chi connectivity index (χ1) is 7.75. The standard InChI is InChI=1S/C14H22OS/c1-11-2-5-13(6-3-11)14(15)7-4-12-8-9-16-10-12/h8-11,13-15H,2-7H2,1H3. The summed E-state index contributed by atoms with van der Waals surface area (Å²) in [7, 11) is 0. The number of aryl methyl sites for hydroxylation is 1. The first kappa shape index (κ1) is 12.1. The Labute approximate surface area is 103 Å². The van der Waals surface area contributed by atoms with Gasteiger partial charge in [-0.1, -0.05) is 19.8 Å². The van der Waals surface area contributed by atoms with Crippen LogP contribution in [0.15, 0.2) is 16.8 Å². The van der Waals surface area contributed by atoms with Gasteiger partial charge in [-0.25, -0.2) is 0 Å². The Morgan fingerprint density at radius 2 is 2.12 bits per heavy atom. The molecule has 1 atom stereocenters. The first-order valence-electron chi connectivity index (χ1n) is 6.45. The van der Waals surface area contributed by atoms with E-state index in [4.69, 9.17) is 0 Å². The molecule has 0 bridgehead atoms. The van der Waals surface area contributed by atoms with Gasteiger partial charge in [0.15, 0.2) is 0 Å². The zero-order valence-electron chi connectivity index (χ0n) is 10.1. The number of hydrogen-bond acceptors (Lipinski definition) is 2. The molecule has 0 amide bonds. The molecule has 1 saturated carbocycles. The zero-order chi connectivity index (χ0) is 11.4. The van der Waals surface area contributed by atoms with Crippen LogP contribution in [-0.4, -0.2) is 11.2 Å². The van der Waals surface area contributed by atoms with E-state index in [1.54, 1.807) is 11.3 Å². The van der Waals surface area contributed by atoms with Crippen LogP contribution in [0.4, 0.5) is 0 Å². The molecule has 0 saturated heterocycles. The molecule has 1 aliphatic carbocycles. The van der Waals surface area contributed by atoms with Gasteiger partial charge in [0.05, 0.1) is 6.10 Å². The molecule has 90 valence electrons. The first-order valence-corrected chi connectivity index (χ1v) is 7.39. The van der Waals surface area contributed by atoms with E-state index in [9.17, 15) is 5.11 Å². The van der Waals surface area contributed by atoms with Crippen LogP contribution in [0.5, 0.6) is 0 Å². The van der Waals surface area contributed by atoms with E-state index in [1.165, 1.54) is 31.2 Å². The van der Waals surface area contributed by atoms with E-state index in [-0.39, 0.29) is 6.10 Å². The lowest BCUT2D eigenvalue weighted by molar-refractivity contribution is 0.0690. The van der Waals surface area contributed by atoms with Crippen LogP contribution < -0.4 is 0 Å². The van der Waals surface area contributed by atoms with Crippen molar-refractivity contribution in [3.8, 4) is 0 Å². The van der Waals surface area contributed by atoms with Gasteiger partial charge >= 0.3 is 0 Å². The van der Waals surface area contributed by atoms with Crippen LogP contribution in [0, 0.1) is 11.8 Å². The number of rotatable bonds is 4. The average Bonchev–Trinajstić information content (AvgIpc) is 2.80. The zero-order valence-corrected chi connectivity index (χ0v) is 10.9.